The predicted molar refractivity (Wildman–Crippen MR) is 74.0 cm³/mol. The Kier molecular flexibility index (Phi) is 5.41. The highest BCUT2D eigenvalue weighted by Gasteiger charge is 2.22. The molecule has 0 saturated heterocycles. The van der Waals surface area contributed by atoms with Crippen molar-refractivity contribution in [1.29, 1.82) is 0 Å². The Morgan fingerprint density at radius 3 is 2.61 bits per heavy atom. The second-order valence-electron chi connectivity index (χ2n) is 4.81. The van der Waals surface area contributed by atoms with Crippen molar-refractivity contribution < 1.29 is 9.84 Å². The van der Waals surface area contributed by atoms with Gasteiger partial charge in [-0.2, -0.15) is 0 Å². The van der Waals surface area contributed by atoms with Crippen LogP contribution in [0.25, 0.3) is 0 Å². The molecule has 1 aromatic heterocycles. The third-order valence-corrected chi connectivity index (χ3v) is 3.04. The number of aliphatic hydroxyl groups is 1. The molecular weight excluding hydrogens is 228 g/mol. The molecular formula is C14H24N2O2. The zero-order valence-electron chi connectivity index (χ0n) is 11.7. The third-order valence-electron chi connectivity index (χ3n) is 3.04. The number of rotatable bonds is 7. The number of anilines is 1. The molecule has 0 aromatic carbocycles. The maximum atomic E-state index is 10.2. The van der Waals surface area contributed by atoms with Gasteiger partial charge in [0.1, 0.15) is 0 Å². The lowest BCUT2D eigenvalue weighted by Crippen LogP contribution is -2.35. The monoisotopic (exact) mass is 252 g/mol. The molecule has 0 aliphatic heterocycles. The van der Waals surface area contributed by atoms with Crippen LogP contribution in [0.2, 0.25) is 0 Å². The number of aromatic nitrogens is 1. The minimum atomic E-state index is -0.676. The van der Waals surface area contributed by atoms with Crippen LogP contribution >= 0.6 is 0 Å². The van der Waals surface area contributed by atoms with Crippen molar-refractivity contribution in [2.75, 3.05) is 11.9 Å². The molecule has 0 aliphatic rings. The summed E-state index contributed by atoms with van der Waals surface area (Å²) in [6, 6.07) is 3.77. The molecule has 0 bridgehead atoms. The van der Waals surface area contributed by atoms with Gasteiger partial charge in [0.15, 0.2) is 0 Å². The van der Waals surface area contributed by atoms with Crippen molar-refractivity contribution in [1.82, 2.24) is 4.98 Å². The maximum absolute atomic E-state index is 10.2. The first kappa shape index (κ1) is 14.8. The molecule has 0 unspecified atom stereocenters. The first-order valence-electron chi connectivity index (χ1n) is 6.58. The molecule has 4 nitrogen and oxygen atoms in total. The molecule has 0 radical (unpaired) electrons. The molecule has 0 saturated carbocycles. The molecule has 4 heteroatoms. The van der Waals surface area contributed by atoms with Crippen LogP contribution < -0.4 is 10.1 Å². The van der Waals surface area contributed by atoms with Crippen LogP contribution in [0.1, 0.15) is 40.5 Å². The Morgan fingerprint density at radius 1 is 1.39 bits per heavy atom. The average Bonchev–Trinajstić information content (AvgIpc) is 2.37. The smallest absolute Gasteiger partial charge is 0.237 e. The summed E-state index contributed by atoms with van der Waals surface area (Å²) in [5, 5.41) is 13.5. The van der Waals surface area contributed by atoms with E-state index in [1.807, 2.05) is 39.8 Å². The summed E-state index contributed by atoms with van der Waals surface area (Å²) >= 11 is 0. The molecule has 1 heterocycles. The highest BCUT2D eigenvalue weighted by atomic mass is 16.5. The van der Waals surface area contributed by atoms with Crippen molar-refractivity contribution in [3.63, 3.8) is 0 Å². The molecule has 1 aromatic rings. The van der Waals surface area contributed by atoms with Gasteiger partial charge in [0.2, 0.25) is 5.88 Å². The Labute approximate surface area is 109 Å². The number of hydrogen-bond donors (Lipinski definition) is 2. The van der Waals surface area contributed by atoms with Gasteiger partial charge in [-0.05, 0) is 38.8 Å². The first-order valence-corrected chi connectivity index (χ1v) is 6.58. The van der Waals surface area contributed by atoms with Gasteiger partial charge in [-0.15, -0.1) is 0 Å². The summed E-state index contributed by atoms with van der Waals surface area (Å²) in [6.45, 7) is 8.40. The molecule has 1 rings (SSSR count). The van der Waals surface area contributed by atoms with Crippen molar-refractivity contribution in [3.05, 3.63) is 18.3 Å². The summed E-state index contributed by atoms with van der Waals surface area (Å²) in [7, 11) is 0. The predicted octanol–water partition coefficient (Wildman–Crippen LogP) is 2.83. The molecule has 0 spiro atoms. The normalized spacial score (nSPS) is 11.7. The lowest BCUT2D eigenvalue weighted by molar-refractivity contribution is 0.0456. The van der Waals surface area contributed by atoms with Crippen LogP contribution in [0, 0.1) is 0 Å². The minimum absolute atomic E-state index is 0.0803. The lowest BCUT2D eigenvalue weighted by atomic mass is 9.97. The summed E-state index contributed by atoms with van der Waals surface area (Å²) in [5.41, 5.74) is 0.150. The second kappa shape index (κ2) is 6.59. The van der Waals surface area contributed by atoms with Crippen LogP contribution in [-0.2, 0) is 0 Å². The van der Waals surface area contributed by atoms with E-state index in [2.05, 4.69) is 10.3 Å². The van der Waals surface area contributed by atoms with Gasteiger partial charge in [-0.1, -0.05) is 13.8 Å². The molecule has 18 heavy (non-hydrogen) atoms. The summed E-state index contributed by atoms with van der Waals surface area (Å²) in [4.78, 5) is 4.20. The maximum Gasteiger partial charge on any atom is 0.237 e. The Bertz CT molecular complexity index is 363. The molecule has 0 fully saturated rings. The standard InChI is InChI=1S/C14H24N2O2/c1-5-14(17,6-2)10-16-12-8-7-9-15-13(12)18-11(3)4/h7-9,11,16-17H,5-6,10H2,1-4H3. The van der Waals surface area contributed by atoms with Gasteiger partial charge in [0, 0.05) is 12.7 Å². The van der Waals surface area contributed by atoms with Crippen LogP contribution in [0.4, 0.5) is 5.69 Å². The van der Waals surface area contributed by atoms with Gasteiger partial charge >= 0.3 is 0 Å². The summed E-state index contributed by atoms with van der Waals surface area (Å²) < 4.78 is 5.62. The van der Waals surface area contributed by atoms with E-state index in [0.717, 1.165) is 18.5 Å². The van der Waals surface area contributed by atoms with Gasteiger partial charge in [-0.25, -0.2) is 4.98 Å². The molecule has 0 atom stereocenters. The van der Waals surface area contributed by atoms with Gasteiger partial charge < -0.3 is 15.2 Å². The lowest BCUT2D eigenvalue weighted by Gasteiger charge is -2.26. The van der Waals surface area contributed by atoms with Crippen molar-refractivity contribution in [2.45, 2.75) is 52.2 Å². The second-order valence-corrected chi connectivity index (χ2v) is 4.81. The Hall–Kier alpha value is -1.29. The van der Waals surface area contributed by atoms with Gasteiger partial charge in [0.25, 0.3) is 0 Å². The summed E-state index contributed by atoms with van der Waals surface area (Å²) in [5.74, 6) is 0.585. The Morgan fingerprint density at radius 2 is 2.06 bits per heavy atom. The van der Waals surface area contributed by atoms with E-state index in [4.69, 9.17) is 4.74 Å². The molecule has 102 valence electrons. The fourth-order valence-corrected chi connectivity index (χ4v) is 1.60. The van der Waals surface area contributed by atoms with Crippen molar-refractivity contribution in [3.8, 4) is 5.88 Å². The topological polar surface area (TPSA) is 54.4 Å². The average molecular weight is 252 g/mol. The third kappa shape index (κ3) is 4.18. The largest absolute Gasteiger partial charge is 0.473 e. The van der Waals surface area contributed by atoms with E-state index in [1.165, 1.54) is 0 Å². The van der Waals surface area contributed by atoms with E-state index in [0.29, 0.717) is 12.4 Å². The number of ether oxygens (including phenoxy) is 1. The SMILES string of the molecule is CCC(O)(CC)CNc1cccnc1OC(C)C. The quantitative estimate of drug-likeness (QED) is 0.783. The van der Waals surface area contributed by atoms with E-state index >= 15 is 0 Å². The number of nitrogens with one attached hydrogen (secondary N) is 1. The fraction of sp³-hybridized carbons (Fsp3) is 0.643. The number of hydrogen-bond acceptors (Lipinski definition) is 4. The van der Waals surface area contributed by atoms with E-state index in [1.54, 1.807) is 6.20 Å². The van der Waals surface area contributed by atoms with Crippen molar-refractivity contribution >= 4 is 5.69 Å². The number of nitrogens with zero attached hydrogens (tertiary/aromatic N) is 1. The van der Waals surface area contributed by atoms with Crippen LogP contribution in [0.3, 0.4) is 0 Å². The molecule has 0 amide bonds. The Balaban J connectivity index is 2.72. The van der Waals surface area contributed by atoms with Crippen LogP contribution in [-0.4, -0.2) is 28.3 Å². The van der Waals surface area contributed by atoms with E-state index < -0.39 is 5.60 Å². The summed E-state index contributed by atoms with van der Waals surface area (Å²) in [6.07, 6.45) is 3.22. The zero-order chi connectivity index (χ0) is 13.6. The van der Waals surface area contributed by atoms with E-state index in [9.17, 15) is 5.11 Å². The highest BCUT2D eigenvalue weighted by molar-refractivity contribution is 5.52. The zero-order valence-corrected chi connectivity index (χ0v) is 11.7. The molecule has 0 aliphatic carbocycles. The van der Waals surface area contributed by atoms with Crippen molar-refractivity contribution in [2.24, 2.45) is 0 Å². The van der Waals surface area contributed by atoms with Crippen LogP contribution in [0.5, 0.6) is 5.88 Å². The van der Waals surface area contributed by atoms with E-state index in [-0.39, 0.29) is 6.10 Å². The highest BCUT2D eigenvalue weighted by Crippen LogP contribution is 2.23. The fourth-order valence-electron chi connectivity index (χ4n) is 1.60. The van der Waals surface area contributed by atoms with Crippen LogP contribution in [0.15, 0.2) is 18.3 Å². The minimum Gasteiger partial charge on any atom is -0.473 e. The first-order chi connectivity index (χ1) is 8.50. The number of pyridine rings is 1. The molecule has 2 N–H and O–H groups in total. The van der Waals surface area contributed by atoms with Gasteiger partial charge in [-0.3, -0.25) is 0 Å². The van der Waals surface area contributed by atoms with Gasteiger partial charge in [0.05, 0.1) is 17.4 Å².